The molecule has 0 unspecified atom stereocenters. The molecule has 0 bridgehead atoms. The predicted molar refractivity (Wildman–Crippen MR) is 104 cm³/mol. The van der Waals surface area contributed by atoms with Gasteiger partial charge in [-0.25, -0.2) is 8.42 Å². The van der Waals surface area contributed by atoms with Gasteiger partial charge in [0.25, 0.3) is 0 Å². The maximum Gasteiger partial charge on any atom is 0.460 e. The van der Waals surface area contributed by atoms with Crippen molar-refractivity contribution < 1.29 is 52.5 Å². The highest BCUT2D eigenvalue weighted by Gasteiger charge is 2.83. The number of hydrogen-bond acceptors (Lipinski definition) is 3. The second-order valence-electron chi connectivity index (χ2n) is 7.24. The van der Waals surface area contributed by atoms with E-state index in [1.165, 1.54) is 40.7 Å². The smallest absolute Gasteiger partial charge is 0.460 e. The van der Waals surface area contributed by atoms with Crippen LogP contribution in [0.5, 0.6) is 0 Å². The molecule has 0 radical (unpaired) electrons. The SMILES string of the molecule is Cc1ccc2cc([S+]3CCCC3)ccc2c1.O=S(=O)([O-])C(F)(F)C(F)(F)C(F)(F)C(F)(F)F. The summed E-state index contributed by atoms with van der Waals surface area (Å²) in [6, 6.07) is 13.8. The summed E-state index contributed by atoms with van der Waals surface area (Å²) < 4.78 is 135. The maximum absolute atomic E-state index is 12.2. The van der Waals surface area contributed by atoms with Gasteiger partial charge in [0.1, 0.15) is 11.5 Å². The van der Waals surface area contributed by atoms with Gasteiger partial charge in [-0.1, -0.05) is 23.8 Å². The van der Waals surface area contributed by atoms with E-state index in [9.17, 15) is 52.5 Å². The van der Waals surface area contributed by atoms with Crippen molar-refractivity contribution in [1.82, 2.24) is 0 Å². The number of halogens is 9. The number of rotatable bonds is 4. The molecular weight excluding hydrogens is 511 g/mol. The Labute approximate surface area is 186 Å². The zero-order valence-electron chi connectivity index (χ0n) is 16.7. The molecule has 0 atom stereocenters. The van der Waals surface area contributed by atoms with Crippen molar-refractivity contribution in [3.63, 3.8) is 0 Å². The fraction of sp³-hybridized carbons (Fsp3) is 0.474. The number of alkyl halides is 9. The Morgan fingerprint density at radius 1 is 0.788 bits per heavy atom. The average molecular weight is 528 g/mol. The number of fused-ring (bicyclic) bond motifs is 1. The molecule has 0 aliphatic carbocycles. The van der Waals surface area contributed by atoms with Crippen LogP contribution in [0.25, 0.3) is 10.8 Å². The Morgan fingerprint density at radius 3 is 1.76 bits per heavy atom. The fourth-order valence-electron chi connectivity index (χ4n) is 2.93. The molecule has 3 nitrogen and oxygen atoms in total. The summed E-state index contributed by atoms with van der Waals surface area (Å²) in [4.78, 5) is 1.58. The maximum atomic E-state index is 12.2. The van der Waals surface area contributed by atoms with Crippen LogP contribution in [0.4, 0.5) is 39.5 Å². The van der Waals surface area contributed by atoms with Crippen molar-refractivity contribution in [2.24, 2.45) is 0 Å². The van der Waals surface area contributed by atoms with Crippen molar-refractivity contribution in [2.45, 2.75) is 47.9 Å². The van der Waals surface area contributed by atoms with Crippen LogP contribution in [0.2, 0.25) is 0 Å². The van der Waals surface area contributed by atoms with E-state index in [4.69, 9.17) is 0 Å². The minimum absolute atomic E-state index is 0.548. The largest absolute Gasteiger partial charge is 0.743 e. The minimum atomic E-state index is -7.43. The normalized spacial score (nSPS) is 16.6. The van der Waals surface area contributed by atoms with Gasteiger partial charge in [-0.2, -0.15) is 39.5 Å². The molecule has 2 aromatic rings. The van der Waals surface area contributed by atoms with Crippen LogP contribution in [0, 0.1) is 6.92 Å². The molecule has 0 N–H and O–H groups in total. The molecule has 1 saturated heterocycles. The second-order valence-corrected chi connectivity index (χ2v) is 10.9. The first-order chi connectivity index (χ1) is 14.8. The third-order valence-corrected chi connectivity index (χ3v) is 8.13. The van der Waals surface area contributed by atoms with E-state index in [2.05, 4.69) is 43.3 Å². The van der Waals surface area contributed by atoms with E-state index in [1.54, 1.807) is 4.90 Å². The summed E-state index contributed by atoms with van der Waals surface area (Å²) in [6.45, 7) is 2.16. The Kier molecular flexibility index (Phi) is 7.67. The molecule has 0 spiro atoms. The van der Waals surface area contributed by atoms with Crippen LogP contribution in [-0.4, -0.2) is 47.8 Å². The molecule has 0 saturated carbocycles. The van der Waals surface area contributed by atoms with Crippen LogP contribution in [0.3, 0.4) is 0 Å². The van der Waals surface area contributed by atoms with E-state index < -0.39 is 33.4 Å². The van der Waals surface area contributed by atoms with Crippen molar-refractivity contribution in [2.75, 3.05) is 11.5 Å². The molecule has 186 valence electrons. The summed E-state index contributed by atoms with van der Waals surface area (Å²) >= 11 is 0. The average Bonchev–Trinajstić information content (AvgIpc) is 3.21. The van der Waals surface area contributed by atoms with Gasteiger partial charge in [-0.3, -0.25) is 0 Å². The fourth-order valence-corrected chi connectivity index (χ4v) is 5.71. The van der Waals surface area contributed by atoms with Crippen molar-refractivity contribution >= 4 is 31.8 Å². The number of benzene rings is 2. The molecule has 1 fully saturated rings. The second kappa shape index (κ2) is 9.17. The predicted octanol–water partition coefficient (Wildman–Crippen LogP) is 5.88. The first-order valence-electron chi connectivity index (χ1n) is 9.16. The summed E-state index contributed by atoms with van der Waals surface area (Å²) in [5.41, 5.74) is 1.35. The van der Waals surface area contributed by atoms with Gasteiger partial charge < -0.3 is 4.55 Å². The molecule has 14 heteroatoms. The van der Waals surface area contributed by atoms with Crippen LogP contribution in [0.1, 0.15) is 18.4 Å². The molecule has 0 amide bonds. The molecule has 1 heterocycles. The van der Waals surface area contributed by atoms with Gasteiger partial charge in [-0.15, -0.1) is 0 Å². The summed E-state index contributed by atoms with van der Waals surface area (Å²) in [7, 11) is -6.87. The lowest BCUT2D eigenvalue weighted by molar-refractivity contribution is -0.382. The zero-order valence-corrected chi connectivity index (χ0v) is 18.4. The Bertz CT molecular complexity index is 1090. The number of hydrogen-bond donors (Lipinski definition) is 0. The Morgan fingerprint density at radius 2 is 1.27 bits per heavy atom. The quantitative estimate of drug-likeness (QED) is 0.283. The Hall–Kier alpha value is -1.67. The molecule has 1 aliphatic rings. The van der Waals surface area contributed by atoms with Crippen LogP contribution in [-0.2, 0) is 21.0 Å². The van der Waals surface area contributed by atoms with Crippen molar-refractivity contribution in [1.29, 1.82) is 0 Å². The topological polar surface area (TPSA) is 57.2 Å². The molecule has 1 aliphatic heterocycles. The highest BCUT2D eigenvalue weighted by molar-refractivity contribution is 7.97. The summed E-state index contributed by atoms with van der Waals surface area (Å²) in [5.74, 6) is -12.0. The zero-order chi connectivity index (χ0) is 25.5. The van der Waals surface area contributed by atoms with E-state index in [0.29, 0.717) is 10.9 Å². The van der Waals surface area contributed by atoms with E-state index in [-0.39, 0.29) is 0 Å². The van der Waals surface area contributed by atoms with E-state index >= 15 is 0 Å². The third-order valence-electron chi connectivity index (χ3n) is 4.76. The van der Waals surface area contributed by atoms with Crippen LogP contribution in [0.15, 0.2) is 41.3 Å². The molecule has 33 heavy (non-hydrogen) atoms. The van der Waals surface area contributed by atoms with Gasteiger partial charge in [0.15, 0.2) is 15.0 Å². The monoisotopic (exact) mass is 528 g/mol. The lowest BCUT2D eigenvalue weighted by Crippen LogP contribution is -2.63. The summed E-state index contributed by atoms with van der Waals surface area (Å²) in [5, 5.41) is -4.33. The number of aryl methyl sites for hydroxylation is 1. The molecule has 2 aromatic carbocycles. The van der Waals surface area contributed by atoms with Crippen molar-refractivity contribution in [3.8, 4) is 0 Å². The van der Waals surface area contributed by atoms with Crippen molar-refractivity contribution in [3.05, 3.63) is 42.0 Å². The first kappa shape index (κ1) is 27.6. The van der Waals surface area contributed by atoms with E-state index in [0.717, 1.165) is 0 Å². The molecular formula is C19H17F9O3S2. The molecule has 0 aromatic heterocycles. The van der Waals surface area contributed by atoms with Gasteiger partial charge in [0, 0.05) is 17.0 Å². The lowest BCUT2D eigenvalue weighted by Gasteiger charge is -2.34. The first-order valence-corrected chi connectivity index (χ1v) is 12.1. The summed E-state index contributed by atoms with van der Waals surface area (Å²) in [6.07, 6.45) is -4.31. The molecule has 3 rings (SSSR count). The van der Waals surface area contributed by atoms with Gasteiger partial charge in [0.05, 0.1) is 0 Å². The van der Waals surface area contributed by atoms with Crippen LogP contribution >= 0.6 is 0 Å². The highest BCUT2D eigenvalue weighted by atomic mass is 32.2. The van der Waals surface area contributed by atoms with Crippen LogP contribution < -0.4 is 0 Å². The highest BCUT2D eigenvalue weighted by Crippen LogP contribution is 2.54. The van der Waals surface area contributed by atoms with Gasteiger partial charge >= 0.3 is 23.3 Å². The lowest BCUT2D eigenvalue weighted by atomic mass is 10.1. The van der Waals surface area contributed by atoms with Gasteiger partial charge in [-0.05, 0) is 42.7 Å². The Balaban J connectivity index is 0.000000233. The standard InChI is InChI=1S/C15H17S.C4HF9O3S/c1-12-4-5-14-11-15(7-6-13(14)10-12)16-8-2-3-9-16;5-1(6,3(9,10)11)2(7,8)4(12,13)17(14,15)16/h4-7,10-11H,2-3,8-9H2,1H3;(H,14,15,16)/q+1;/p-1. The van der Waals surface area contributed by atoms with E-state index in [1.807, 2.05) is 0 Å². The minimum Gasteiger partial charge on any atom is -0.743 e. The third kappa shape index (κ3) is 5.37. The van der Waals surface area contributed by atoms with Gasteiger partial charge in [0.2, 0.25) is 0 Å².